The van der Waals surface area contributed by atoms with Crippen LogP contribution < -0.4 is 14.2 Å². The first-order valence-electron chi connectivity index (χ1n) is 6.08. The van der Waals surface area contributed by atoms with Crippen molar-refractivity contribution in [3.63, 3.8) is 0 Å². The lowest BCUT2D eigenvalue weighted by Crippen LogP contribution is -2.39. The third kappa shape index (κ3) is 2.56. The Hall–Kier alpha value is -2.56. The van der Waals surface area contributed by atoms with Gasteiger partial charge >= 0.3 is 5.97 Å². The molecule has 0 spiro atoms. The molecule has 0 saturated heterocycles. The minimum absolute atomic E-state index is 0.0804. The maximum Gasteiger partial charge on any atom is 0.356 e. The molecule has 5 heteroatoms. The number of ether oxygens (including phenoxy) is 3. The third-order valence-corrected chi connectivity index (χ3v) is 2.80. The molecule has 0 amide bonds. The summed E-state index contributed by atoms with van der Waals surface area (Å²) in [6.45, 7) is 0.0804. The maximum absolute atomic E-state index is 12.8. The molecule has 1 aliphatic rings. The van der Waals surface area contributed by atoms with Gasteiger partial charge in [0.25, 0.3) is 0 Å². The molecule has 0 fully saturated rings. The van der Waals surface area contributed by atoms with E-state index in [0.29, 0.717) is 11.5 Å². The number of halogens is 1. The third-order valence-electron chi connectivity index (χ3n) is 2.80. The normalized spacial score (nSPS) is 16.6. The Morgan fingerprint density at radius 3 is 2.55 bits per heavy atom. The fourth-order valence-electron chi connectivity index (χ4n) is 1.82. The summed E-state index contributed by atoms with van der Waals surface area (Å²) in [5.41, 5.74) is 0. The number of hydrogen-bond acceptors (Lipinski definition) is 4. The molecule has 1 atom stereocenters. The Morgan fingerprint density at radius 2 is 1.80 bits per heavy atom. The fraction of sp³-hybridized carbons (Fsp3) is 0.133. The summed E-state index contributed by atoms with van der Waals surface area (Å²) in [6.07, 6.45) is -0.838. The van der Waals surface area contributed by atoms with Crippen LogP contribution >= 0.6 is 0 Å². The SMILES string of the molecule is O=C(Oc1ccc(F)cc1)[C@H]1COc2ccccc2O1. The van der Waals surface area contributed by atoms with Crippen molar-refractivity contribution in [2.45, 2.75) is 6.10 Å². The first kappa shape index (κ1) is 12.5. The molecule has 4 nitrogen and oxygen atoms in total. The number of fused-ring (bicyclic) bond motifs is 1. The van der Waals surface area contributed by atoms with Gasteiger partial charge in [-0.1, -0.05) is 12.1 Å². The van der Waals surface area contributed by atoms with E-state index in [1.54, 1.807) is 18.2 Å². The average molecular weight is 274 g/mol. The van der Waals surface area contributed by atoms with Gasteiger partial charge in [0.05, 0.1) is 0 Å². The summed E-state index contributed by atoms with van der Waals surface area (Å²) in [5, 5.41) is 0. The van der Waals surface area contributed by atoms with Crippen LogP contribution in [0, 0.1) is 5.82 Å². The summed E-state index contributed by atoms with van der Waals surface area (Å²) < 4.78 is 28.8. The van der Waals surface area contributed by atoms with Crippen molar-refractivity contribution >= 4 is 5.97 Å². The van der Waals surface area contributed by atoms with Crippen LogP contribution in [0.15, 0.2) is 48.5 Å². The zero-order valence-electron chi connectivity index (χ0n) is 10.4. The number of para-hydroxylation sites is 2. The lowest BCUT2D eigenvalue weighted by molar-refractivity contribution is -0.144. The van der Waals surface area contributed by atoms with Gasteiger partial charge < -0.3 is 14.2 Å². The van der Waals surface area contributed by atoms with E-state index < -0.39 is 17.9 Å². The molecule has 0 unspecified atom stereocenters. The van der Waals surface area contributed by atoms with Crippen LogP contribution in [0.25, 0.3) is 0 Å². The van der Waals surface area contributed by atoms with Gasteiger partial charge in [-0.15, -0.1) is 0 Å². The Morgan fingerprint density at radius 1 is 1.10 bits per heavy atom. The lowest BCUT2D eigenvalue weighted by Gasteiger charge is -2.24. The van der Waals surface area contributed by atoms with Crippen molar-refractivity contribution in [2.75, 3.05) is 6.61 Å². The van der Waals surface area contributed by atoms with Gasteiger partial charge in [-0.2, -0.15) is 0 Å². The van der Waals surface area contributed by atoms with Crippen molar-refractivity contribution in [1.82, 2.24) is 0 Å². The van der Waals surface area contributed by atoms with E-state index >= 15 is 0 Å². The Labute approximate surface area is 114 Å². The lowest BCUT2D eigenvalue weighted by atomic mass is 10.2. The summed E-state index contributed by atoms with van der Waals surface area (Å²) in [5.74, 6) is 0.388. The van der Waals surface area contributed by atoms with Crippen molar-refractivity contribution in [3.05, 3.63) is 54.3 Å². The van der Waals surface area contributed by atoms with Crippen molar-refractivity contribution in [1.29, 1.82) is 0 Å². The van der Waals surface area contributed by atoms with E-state index in [4.69, 9.17) is 14.2 Å². The van der Waals surface area contributed by atoms with Crippen LogP contribution in [0.5, 0.6) is 17.2 Å². The summed E-state index contributed by atoms with van der Waals surface area (Å²) in [4.78, 5) is 11.9. The molecule has 1 aliphatic heterocycles. The quantitative estimate of drug-likeness (QED) is 0.623. The summed E-state index contributed by atoms with van der Waals surface area (Å²) >= 11 is 0. The minimum Gasteiger partial charge on any atom is -0.485 e. The molecular weight excluding hydrogens is 263 g/mol. The van der Waals surface area contributed by atoms with E-state index in [9.17, 15) is 9.18 Å². The Kier molecular flexibility index (Phi) is 3.25. The largest absolute Gasteiger partial charge is 0.485 e. The van der Waals surface area contributed by atoms with Gasteiger partial charge in [-0.25, -0.2) is 9.18 Å². The first-order chi connectivity index (χ1) is 9.72. The zero-order chi connectivity index (χ0) is 13.9. The van der Waals surface area contributed by atoms with Crippen LogP contribution in [0.1, 0.15) is 0 Å². The minimum atomic E-state index is -0.838. The van der Waals surface area contributed by atoms with Crippen LogP contribution in [0.4, 0.5) is 4.39 Å². The molecule has 3 rings (SSSR count). The second-order valence-corrected chi connectivity index (χ2v) is 4.24. The molecule has 102 valence electrons. The van der Waals surface area contributed by atoms with E-state index in [-0.39, 0.29) is 12.4 Å². The van der Waals surface area contributed by atoms with E-state index in [1.165, 1.54) is 24.3 Å². The zero-order valence-corrected chi connectivity index (χ0v) is 10.4. The number of carbonyl (C=O) groups is 1. The van der Waals surface area contributed by atoms with E-state index in [2.05, 4.69) is 0 Å². The molecule has 0 aromatic heterocycles. The Bertz CT molecular complexity index is 624. The molecule has 2 aromatic rings. The molecule has 0 N–H and O–H groups in total. The van der Waals surface area contributed by atoms with Crippen LogP contribution in [-0.2, 0) is 4.79 Å². The topological polar surface area (TPSA) is 44.8 Å². The predicted octanol–water partition coefficient (Wildman–Crippen LogP) is 2.57. The van der Waals surface area contributed by atoms with Crippen LogP contribution in [0.3, 0.4) is 0 Å². The highest BCUT2D eigenvalue weighted by atomic mass is 19.1. The number of hydrogen-bond donors (Lipinski definition) is 0. The second-order valence-electron chi connectivity index (χ2n) is 4.24. The van der Waals surface area contributed by atoms with Gasteiger partial charge in [0, 0.05) is 0 Å². The summed E-state index contributed by atoms with van der Waals surface area (Å²) in [7, 11) is 0. The standard InChI is InChI=1S/C15H11FO4/c16-10-5-7-11(8-6-10)19-15(17)14-9-18-12-3-1-2-4-13(12)20-14/h1-8,14H,9H2/t14-/m1/s1. The van der Waals surface area contributed by atoms with Gasteiger partial charge in [0.15, 0.2) is 11.5 Å². The molecule has 20 heavy (non-hydrogen) atoms. The fourth-order valence-corrected chi connectivity index (χ4v) is 1.82. The van der Waals surface area contributed by atoms with Crippen LogP contribution in [0.2, 0.25) is 0 Å². The molecule has 0 aliphatic carbocycles. The number of esters is 1. The molecule has 1 heterocycles. The van der Waals surface area contributed by atoms with Gasteiger partial charge in [0.1, 0.15) is 18.2 Å². The predicted molar refractivity (Wildman–Crippen MR) is 68.4 cm³/mol. The average Bonchev–Trinajstić information content (AvgIpc) is 2.49. The highest BCUT2D eigenvalue weighted by molar-refractivity contribution is 5.78. The van der Waals surface area contributed by atoms with Crippen LogP contribution in [-0.4, -0.2) is 18.7 Å². The van der Waals surface area contributed by atoms with Gasteiger partial charge in [-0.3, -0.25) is 0 Å². The van der Waals surface area contributed by atoms with E-state index in [1.807, 2.05) is 6.07 Å². The number of carbonyl (C=O) groups excluding carboxylic acids is 1. The smallest absolute Gasteiger partial charge is 0.356 e. The monoisotopic (exact) mass is 274 g/mol. The highest BCUT2D eigenvalue weighted by Gasteiger charge is 2.29. The molecule has 0 radical (unpaired) electrons. The Balaban J connectivity index is 1.68. The second kappa shape index (κ2) is 5.21. The van der Waals surface area contributed by atoms with E-state index in [0.717, 1.165) is 0 Å². The van der Waals surface area contributed by atoms with Gasteiger partial charge in [0.2, 0.25) is 6.10 Å². The molecule has 2 aromatic carbocycles. The molecule has 0 bridgehead atoms. The van der Waals surface area contributed by atoms with Gasteiger partial charge in [-0.05, 0) is 36.4 Å². The number of rotatable bonds is 2. The van der Waals surface area contributed by atoms with Crippen molar-refractivity contribution in [3.8, 4) is 17.2 Å². The maximum atomic E-state index is 12.8. The van der Waals surface area contributed by atoms with Crippen molar-refractivity contribution < 1.29 is 23.4 Å². The van der Waals surface area contributed by atoms with Crippen molar-refractivity contribution in [2.24, 2.45) is 0 Å². The summed E-state index contributed by atoms with van der Waals surface area (Å²) in [6, 6.07) is 12.3. The molecular formula is C15H11FO4. The first-order valence-corrected chi connectivity index (χ1v) is 6.08. The highest BCUT2D eigenvalue weighted by Crippen LogP contribution is 2.31. The number of benzene rings is 2. The molecule has 0 saturated carbocycles.